The van der Waals surface area contributed by atoms with Crippen molar-refractivity contribution >= 4 is 5.91 Å². The molecule has 0 unspecified atom stereocenters. The van der Waals surface area contributed by atoms with E-state index in [-0.39, 0.29) is 18.4 Å². The summed E-state index contributed by atoms with van der Waals surface area (Å²) in [6.45, 7) is 4.01. The Morgan fingerprint density at radius 1 is 1.42 bits per heavy atom. The van der Waals surface area contributed by atoms with Crippen LogP contribution in [0.5, 0.6) is 0 Å². The van der Waals surface area contributed by atoms with Crippen LogP contribution in [0, 0.1) is 11.8 Å². The van der Waals surface area contributed by atoms with E-state index in [0.29, 0.717) is 12.5 Å². The lowest BCUT2D eigenvalue weighted by Gasteiger charge is -2.33. The van der Waals surface area contributed by atoms with Crippen LogP contribution in [0.15, 0.2) is 23.0 Å². The first-order chi connectivity index (χ1) is 9.28. The van der Waals surface area contributed by atoms with Crippen LogP contribution in [0.3, 0.4) is 0 Å². The highest BCUT2D eigenvalue weighted by Crippen LogP contribution is 2.32. The van der Waals surface area contributed by atoms with Crippen molar-refractivity contribution in [2.75, 3.05) is 32.8 Å². The smallest absolute Gasteiger partial charge is 0.227 e. The van der Waals surface area contributed by atoms with Crippen LogP contribution in [-0.4, -0.2) is 53.6 Å². The van der Waals surface area contributed by atoms with Crippen LogP contribution >= 0.6 is 0 Å². The third-order valence-electron chi connectivity index (χ3n) is 4.27. The molecule has 0 radical (unpaired) electrons. The quantitative estimate of drug-likeness (QED) is 0.863. The Bertz CT molecular complexity index is 432. The molecule has 1 amide bonds. The van der Waals surface area contributed by atoms with Crippen molar-refractivity contribution in [2.24, 2.45) is 11.8 Å². The molecular weight excluding hydrogens is 244 g/mol. The minimum Gasteiger partial charge on any atom is -0.472 e. The number of furan rings is 1. The number of nitrogens with zero attached hydrogens (tertiary/aromatic N) is 2. The maximum atomic E-state index is 12.3. The van der Waals surface area contributed by atoms with Crippen molar-refractivity contribution in [3.63, 3.8) is 0 Å². The molecule has 0 aliphatic carbocycles. The Kier molecular flexibility index (Phi) is 3.57. The van der Waals surface area contributed by atoms with Crippen molar-refractivity contribution < 1.29 is 14.3 Å². The Labute approximate surface area is 112 Å². The number of carbonyl (C=O) groups excluding carboxylic acids is 1. The molecule has 2 atom stereocenters. The van der Waals surface area contributed by atoms with E-state index in [2.05, 4.69) is 4.90 Å². The van der Waals surface area contributed by atoms with Crippen LogP contribution in [0.25, 0.3) is 0 Å². The molecule has 2 saturated heterocycles. The number of hydrogen-bond acceptors (Lipinski definition) is 4. The number of hydrogen-bond donors (Lipinski definition) is 1. The minimum atomic E-state index is 0.0574. The normalized spacial score (nSPS) is 27.8. The van der Waals surface area contributed by atoms with Gasteiger partial charge in [-0.05, 0) is 18.4 Å². The number of likely N-dealkylation sites (tertiary alicyclic amines) is 2. The molecule has 2 fully saturated rings. The van der Waals surface area contributed by atoms with Gasteiger partial charge in [-0.1, -0.05) is 0 Å². The van der Waals surface area contributed by atoms with Crippen molar-refractivity contribution in [1.82, 2.24) is 9.80 Å². The summed E-state index contributed by atoms with van der Waals surface area (Å²) in [4.78, 5) is 16.5. The molecule has 104 valence electrons. The molecule has 0 spiro atoms. The first-order valence-electron chi connectivity index (χ1n) is 6.91. The average molecular weight is 264 g/mol. The molecule has 2 aliphatic rings. The number of rotatable bonds is 4. The van der Waals surface area contributed by atoms with Crippen LogP contribution in [0.2, 0.25) is 0 Å². The van der Waals surface area contributed by atoms with E-state index in [1.807, 2.05) is 11.0 Å². The molecule has 0 bridgehead atoms. The maximum Gasteiger partial charge on any atom is 0.227 e. The van der Waals surface area contributed by atoms with E-state index in [4.69, 9.17) is 9.52 Å². The number of β-amino-alcohol motifs (C(OH)–C–C–N with tert-alkyl or cyclic N) is 1. The molecule has 5 nitrogen and oxygen atoms in total. The zero-order valence-corrected chi connectivity index (χ0v) is 11.0. The highest BCUT2D eigenvalue weighted by atomic mass is 16.3. The van der Waals surface area contributed by atoms with Crippen LogP contribution < -0.4 is 0 Å². The number of aliphatic hydroxyl groups excluding tert-OH is 1. The number of fused-ring (bicyclic) bond motifs is 1. The zero-order chi connectivity index (χ0) is 13.2. The molecule has 1 aromatic heterocycles. The summed E-state index contributed by atoms with van der Waals surface area (Å²) >= 11 is 0. The summed E-state index contributed by atoms with van der Waals surface area (Å²) in [6.07, 6.45) is 4.51. The first-order valence-corrected chi connectivity index (χ1v) is 6.91. The van der Waals surface area contributed by atoms with E-state index in [1.54, 1.807) is 12.5 Å². The number of aliphatic hydroxyl groups is 1. The molecule has 1 aromatic rings. The van der Waals surface area contributed by atoms with E-state index in [9.17, 15) is 4.79 Å². The highest BCUT2D eigenvalue weighted by molar-refractivity contribution is 5.80. The van der Waals surface area contributed by atoms with Crippen LogP contribution in [0.1, 0.15) is 12.0 Å². The van der Waals surface area contributed by atoms with Gasteiger partial charge in [-0.3, -0.25) is 9.69 Å². The first kappa shape index (κ1) is 12.7. The molecule has 3 heterocycles. The Morgan fingerprint density at radius 3 is 3.05 bits per heavy atom. The van der Waals surface area contributed by atoms with Gasteiger partial charge in [-0.15, -0.1) is 0 Å². The van der Waals surface area contributed by atoms with Crippen molar-refractivity contribution in [2.45, 2.75) is 13.0 Å². The lowest BCUT2D eigenvalue weighted by molar-refractivity contribution is -0.140. The lowest BCUT2D eigenvalue weighted by Crippen LogP contribution is -2.46. The third-order valence-corrected chi connectivity index (χ3v) is 4.27. The largest absolute Gasteiger partial charge is 0.472 e. The summed E-state index contributed by atoms with van der Waals surface area (Å²) < 4.78 is 5.08. The third kappa shape index (κ3) is 2.53. The molecule has 3 rings (SSSR count). The fourth-order valence-electron chi connectivity index (χ4n) is 3.31. The Hall–Kier alpha value is -1.33. The van der Waals surface area contributed by atoms with Gasteiger partial charge in [0.15, 0.2) is 0 Å². The molecular formula is C14H20N2O3. The topological polar surface area (TPSA) is 56.9 Å². The average Bonchev–Trinajstić information content (AvgIpc) is 3.03. The van der Waals surface area contributed by atoms with E-state index >= 15 is 0 Å². The van der Waals surface area contributed by atoms with Gasteiger partial charge >= 0.3 is 0 Å². The van der Waals surface area contributed by atoms with Crippen LogP contribution in [0.4, 0.5) is 0 Å². The van der Waals surface area contributed by atoms with Gasteiger partial charge in [0.1, 0.15) is 0 Å². The Morgan fingerprint density at radius 2 is 2.32 bits per heavy atom. The fraction of sp³-hybridized carbons (Fsp3) is 0.643. The van der Waals surface area contributed by atoms with Gasteiger partial charge in [-0.25, -0.2) is 0 Å². The number of carbonyl (C=O) groups is 1. The van der Waals surface area contributed by atoms with Crippen molar-refractivity contribution in [1.29, 1.82) is 0 Å². The predicted octanol–water partition coefficient (Wildman–Crippen LogP) is 0.552. The number of piperidine rings is 1. The Balaban J connectivity index is 1.62. The minimum absolute atomic E-state index is 0.0574. The highest BCUT2D eigenvalue weighted by Gasteiger charge is 2.42. The standard InChI is InChI=1S/C14H20N2O3/c17-5-4-16-3-1-12-8-15(9-13(12)14(16)18)7-11-2-6-19-10-11/h2,6,10,12-13,17H,1,3-5,7-9H2/t12-,13-/m0/s1. The summed E-state index contributed by atoms with van der Waals surface area (Å²) in [6, 6.07) is 1.97. The summed E-state index contributed by atoms with van der Waals surface area (Å²) in [5, 5.41) is 8.99. The fourth-order valence-corrected chi connectivity index (χ4v) is 3.31. The molecule has 5 heteroatoms. The second-order valence-electron chi connectivity index (χ2n) is 5.53. The van der Waals surface area contributed by atoms with Gasteiger partial charge in [0.2, 0.25) is 5.91 Å². The SMILES string of the molecule is O=C1[C@H]2CN(Cc3ccoc3)C[C@@H]2CCN1CCO. The van der Waals surface area contributed by atoms with Gasteiger partial charge in [0, 0.05) is 38.3 Å². The van der Waals surface area contributed by atoms with Crippen LogP contribution in [-0.2, 0) is 11.3 Å². The van der Waals surface area contributed by atoms with Gasteiger partial charge in [0.25, 0.3) is 0 Å². The van der Waals surface area contributed by atoms with Gasteiger partial charge < -0.3 is 14.4 Å². The molecule has 0 aromatic carbocycles. The monoisotopic (exact) mass is 264 g/mol. The maximum absolute atomic E-state index is 12.3. The second kappa shape index (κ2) is 5.35. The lowest BCUT2D eigenvalue weighted by atomic mass is 9.88. The molecule has 19 heavy (non-hydrogen) atoms. The zero-order valence-electron chi connectivity index (χ0n) is 11.0. The summed E-state index contributed by atoms with van der Waals surface area (Å²) in [7, 11) is 0. The van der Waals surface area contributed by atoms with Crippen molar-refractivity contribution in [3.8, 4) is 0 Å². The van der Waals surface area contributed by atoms with E-state index in [0.717, 1.165) is 32.6 Å². The molecule has 2 aliphatic heterocycles. The molecule has 1 N–H and O–H groups in total. The van der Waals surface area contributed by atoms with E-state index < -0.39 is 0 Å². The van der Waals surface area contributed by atoms with Gasteiger partial charge in [-0.2, -0.15) is 0 Å². The van der Waals surface area contributed by atoms with E-state index in [1.165, 1.54) is 5.56 Å². The van der Waals surface area contributed by atoms with Gasteiger partial charge in [0.05, 0.1) is 25.1 Å². The summed E-state index contributed by atoms with van der Waals surface area (Å²) in [5.74, 6) is 0.821. The van der Waals surface area contributed by atoms with Crippen molar-refractivity contribution in [3.05, 3.63) is 24.2 Å². The number of amides is 1. The summed E-state index contributed by atoms with van der Waals surface area (Å²) in [5.41, 5.74) is 1.17. The predicted molar refractivity (Wildman–Crippen MR) is 69.2 cm³/mol. The molecule has 0 saturated carbocycles. The second-order valence-corrected chi connectivity index (χ2v) is 5.53.